The lowest BCUT2D eigenvalue weighted by atomic mass is 9.96. The van der Waals surface area contributed by atoms with Crippen LogP contribution in [0, 0.1) is 23.2 Å². The van der Waals surface area contributed by atoms with Crippen molar-refractivity contribution in [2.75, 3.05) is 31.9 Å². The number of aliphatic hydroxyl groups excluding tert-OH is 1. The van der Waals surface area contributed by atoms with Crippen LogP contribution in [0.2, 0.25) is 0 Å². The van der Waals surface area contributed by atoms with Crippen LogP contribution in [0.15, 0.2) is 115 Å². The van der Waals surface area contributed by atoms with Crippen LogP contribution >= 0.6 is 12.6 Å². The molecule has 22 N–H and O–H groups in total. The molecule has 119 heavy (non-hydrogen) atoms. The predicted molar refractivity (Wildman–Crippen MR) is 445 cm³/mol. The van der Waals surface area contributed by atoms with Crippen LogP contribution in [-0.4, -0.2) is 225 Å². The SMILES string of the molecule is CC[C@H](C)[C@H](NC(=O)[C@H](Cc1ccccc1)NC(C)=O)C(=O)N[C@H](C(=O)NCC(=O)N[C@@H](C)C(=O)N[C@@H](Cc1ccc(O)cc1)C(=O)N[C@@H](Cc1c[nH]c2ccccc12)C(=O)N[C@H](C(=O)N[C@@H](CCCNC(=N)N)C(=O)N[C@@H](Cc1ccccc1)C(=O)N[C@@H](CC(C)C)C(=O)N1CCC[C@H]1C(=O)N[C@@H](CS)C(=O)NCC(N)=O)C(C)C)[C@@H](C)O. The molecule has 6 rings (SSSR count). The molecule has 0 aliphatic carbocycles. The van der Waals surface area contributed by atoms with Gasteiger partial charge in [0.25, 0.3) is 0 Å². The van der Waals surface area contributed by atoms with E-state index in [9.17, 15) is 63.0 Å². The molecule has 0 saturated carbocycles. The highest BCUT2D eigenvalue weighted by Crippen LogP contribution is 2.24. The molecule has 0 spiro atoms. The van der Waals surface area contributed by atoms with Gasteiger partial charge in [-0.3, -0.25) is 77.3 Å². The number of nitrogens with zero attached hydrogens (tertiary/aromatic N) is 1. The number of thiol groups is 1. The van der Waals surface area contributed by atoms with E-state index in [-0.39, 0.29) is 87.8 Å². The van der Waals surface area contributed by atoms with Crippen molar-refractivity contribution in [3.8, 4) is 5.75 Å². The summed E-state index contributed by atoms with van der Waals surface area (Å²) >= 11 is 4.20. The van der Waals surface area contributed by atoms with Crippen molar-refractivity contribution < 1.29 is 82.1 Å². The lowest BCUT2D eigenvalue weighted by Gasteiger charge is -2.31. The average Bonchev–Trinajstić information content (AvgIpc) is 1.79. The van der Waals surface area contributed by atoms with E-state index >= 15 is 19.2 Å². The first-order valence-electron chi connectivity index (χ1n) is 39.7. The van der Waals surface area contributed by atoms with Gasteiger partial charge in [0.1, 0.15) is 78.3 Å². The number of H-pyrrole nitrogens is 1. The van der Waals surface area contributed by atoms with Crippen LogP contribution in [-0.2, 0) is 97.6 Å². The fourth-order valence-corrected chi connectivity index (χ4v) is 13.6. The molecule has 1 aliphatic heterocycles. The monoisotopic (exact) mass is 1670 g/mol. The van der Waals surface area contributed by atoms with E-state index in [1.807, 2.05) is 13.8 Å². The fraction of sp³-hybridized carbons (Fsp3) is 0.488. The second-order valence-corrected chi connectivity index (χ2v) is 30.8. The first kappa shape index (κ1) is 95.7. The highest BCUT2D eigenvalue weighted by atomic mass is 32.1. The van der Waals surface area contributed by atoms with Crippen molar-refractivity contribution in [1.29, 1.82) is 5.41 Å². The van der Waals surface area contributed by atoms with E-state index < -0.39 is 192 Å². The number of hydrogen-bond acceptors (Lipinski definition) is 19. The Kier molecular flexibility index (Phi) is 38.0. The van der Waals surface area contributed by atoms with Crippen LogP contribution in [0.4, 0.5) is 0 Å². The number of primary amides is 1. The molecular weight excluding hydrogens is 1560 g/mol. The van der Waals surface area contributed by atoms with E-state index in [0.717, 1.165) is 5.56 Å². The first-order chi connectivity index (χ1) is 56.5. The Hall–Kier alpha value is -12.2. The molecule has 5 aromatic rings. The summed E-state index contributed by atoms with van der Waals surface area (Å²) in [4.78, 5) is 214. The lowest BCUT2D eigenvalue weighted by Crippen LogP contribution is -2.62. The number of aromatic hydroxyl groups is 1. The Morgan fingerprint density at radius 3 is 1.57 bits per heavy atom. The van der Waals surface area contributed by atoms with Crippen LogP contribution in [0.5, 0.6) is 5.75 Å². The molecule has 1 fully saturated rings. The molecule has 2 heterocycles. The second kappa shape index (κ2) is 47.3. The van der Waals surface area contributed by atoms with Gasteiger partial charge in [-0.15, -0.1) is 0 Å². The largest absolute Gasteiger partial charge is 0.508 e. The van der Waals surface area contributed by atoms with Gasteiger partial charge in [0, 0.05) is 68.5 Å². The number of guanidine groups is 1. The predicted octanol–water partition coefficient (Wildman–Crippen LogP) is -1.45. The summed E-state index contributed by atoms with van der Waals surface area (Å²) in [5.74, 6) is -14.4. The molecule has 1 aliphatic rings. The quantitative estimate of drug-likeness (QED) is 0.00917. The minimum atomic E-state index is -1.68. The van der Waals surface area contributed by atoms with Crippen LogP contribution in [0.3, 0.4) is 0 Å². The van der Waals surface area contributed by atoms with Gasteiger partial charge in [0.05, 0.1) is 19.2 Å². The average molecular weight is 1670 g/mol. The summed E-state index contributed by atoms with van der Waals surface area (Å²) in [6.07, 6.45) is 0.508. The third-order valence-electron chi connectivity index (χ3n) is 20.0. The number of aromatic nitrogens is 1. The molecule has 0 unspecified atom stereocenters. The number of aliphatic hydroxyl groups is 1. The van der Waals surface area contributed by atoms with E-state index in [1.54, 1.807) is 119 Å². The Bertz CT molecular complexity index is 4340. The fourth-order valence-electron chi connectivity index (χ4n) is 13.3. The standard InChI is InChI=1S/C82H115N19O17S/c1-10-46(6)68(99-75(112)58(91-49(9)103)36-50-21-13-11-14-22-50)80(117)100-69(48(8)102)78(115)89-42-66(106)90-47(7)70(107)93-59(38-52-29-31-54(104)32-30-52)73(110)95-61(39-53-40-87-56-26-18-17-25-55(53)56)76(113)98-67(45(4)5)79(116)92-57(27-19-33-86-82(84)85)72(109)94-60(37-51-23-15-12-16-24-51)74(111)96-62(35-44(2)3)81(118)101-34-20-28-64(101)77(114)97-63(43-119)71(108)88-41-65(83)105/h11-18,21-26,29-32,40,44-48,57-64,67-69,87,102,104,119H,10,19-20,27-28,33-39,41-43H2,1-9H3,(H2,83,105)(H,88,108)(H,89,115)(H,90,106)(H,91,103)(H,92,116)(H,93,107)(H,94,109)(H,95,110)(H,96,111)(H,97,114)(H,98,113)(H,99,112)(H,100,117)(H4,84,85,86)/t46-,47-,48+,57-,58-,59-,60-,61-,62-,63-,64-,67-,68-,69-/m0/s1. The van der Waals surface area contributed by atoms with E-state index in [0.29, 0.717) is 40.4 Å². The molecule has 1 saturated heterocycles. The molecule has 1 aromatic heterocycles. The zero-order chi connectivity index (χ0) is 87.7. The number of carbonyl (C=O) groups is 15. The number of hydrogen-bond donors (Lipinski definition) is 21. The maximum absolute atomic E-state index is 15.2. The van der Waals surface area contributed by atoms with Crippen molar-refractivity contribution in [2.45, 2.75) is 205 Å². The zero-order valence-electron chi connectivity index (χ0n) is 68.4. The number of para-hydroxylation sites is 1. The number of phenolic OH excluding ortho intramolecular Hbond substituents is 1. The third-order valence-corrected chi connectivity index (χ3v) is 20.3. The van der Waals surface area contributed by atoms with Crippen molar-refractivity contribution in [1.82, 2.24) is 84.3 Å². The minimum Gasteiger partial charge on any atom is -0.508 e. The molecule has 37 heteroatoms. The highest BCUT2D eigenvalue weighted by molar-refractivity contribution is 7.80. The maximum Gasteiger partial charge on any atom is 0.245 e. The Morgan fingerprint density at radius 2 is 1.03 bits per heavy atom. The van der Waals surface area contributed by atoms with Gasteiger partial charge in [-0.05, 0) is 104 Å². The smallest absolute Gasteiger partial charge is 0.245 e. The third kappa shape index (κ3) is 30.7. The number of aromatic amines is 1. The van der Waals surface area contributed by atoms with Crippen molar-refractivity contribution >= 4 is 118 Å². The summed E-state index contributed by atoms with van der Waals surface area (Å²) in [5, 5.41) is 66.2. The molecule has 0 bridgehead atoms. The molecule has 646 valence electrons. The topological polar surface area (TPSA) is 560 Å². The number of carbonyl (C=O) groups excluding carboxylic acids is 15. The van der Waals surface area contributed by atoms with Gasteiger partial charge in [0.15, 0.2) is 5.96 Å². The van der Waals surface area contributed by atoms with Gasteiger partial charge in [-0.25, -0.2) is 0 Å². The molecule has 14 atom stereocenters. The van der Waals surface area contributed by atoms with Gasteiger partial charge < -0.3 is 106 Å². The maximum atomic E-state index is 15.2. The summed E-state index contributed by atoms with van der Waals surface area (Å²) in [6, 6.07) is 13.7. The zero-order valence-corrected chi connectivity index (χ0v) is 69.3. The number of rotatable bonds is 46. The summed E-state index contributed by atoms with van der Waals surface area (Å²) in [6.45, 7) is 12.9. The molecule has 0 radical (unpaired) electrons. The molecular formula is C82H115N19O17S. The lowest BCUT2D eigenvalue weighted by molar-refractivity contribution is -0.142. The van der Waals surface area contributed by atoms with Crippen LogP contribution in [0.25, 0.3) is 10.9 Å². The number of nitrogens with one attached hydrogen (secondary N) is 16. The van der Waals surface area contributed by atoms with Crippen LogP contribution in [0.1, 0.15) is 123 Å². The molecule has 15 amide bonds. The number of phenols is 1. The van der Waals surface area contributed by atoms with Gasteiger partial charge >= 0.3 is 0 Å². The Labute approximate surface area is 696 Å². The minimum absolute atomic E-state index is 0.0409. The van der Waals surface area contributed by atoms with E-state index in [4.69, 9.17) is 16.9 Å². The Morgan fingerprint density at radius 1 is 0.529 bits per heavy atom. The number of benzene rings is 4. The van der Waals surface area contributed by atoms with Crippen molar-refractivity contribution in [2.24, 2.45) is 29.2 Å². The summed E-state index contributed by atoms with van der Waals surface area (Å²) < 4.78 is 0. The molecule has 4 aromatic carbocycles. The number of amides is 15. The van der Waals surface area contributed by atoms with Crippen molar-refractivity contribution in [3.63, 3.8) is 0 Å². The van der Waals surface area contributed by atoms with Gasteiger partial charge in [-0.1, -0.05) is 139 Å². The Balaban J connectivity index is 1.21. The van der Waals surface area contributed by atoms with Gasteiger partial charge in [0.2, 0.25) is 88.6 Å². The highest BCUT2D eigenvalue weighted by Gasteiger charge is 2.42. The number of nitrogens with two attached hydrogens (primary N) is 2. The van der Waals surface area contributed by atoms with E-state index in [1.165, 1.54) is 49.9 Å². The van der Waals surface area contributed by atoms with Crippen LogP contribution < -0.4 is 85.9 Å². The number of likely N-dealkylation sites (tertiary alicyclic amines) is 1. The van der Waals surface area contributed by atoms with Crippen molar-refractivity contribution in [3.05, 3.63) is 138 Å². The van der Waals surface area contributed by atoms with E-state index in [2.05, 4.69) is 92.0 Å². The summed E-state index contributed by atoms with van der Waals surface area (Å²) in [5.41, 5.74) is 13.7. The molecule has 36 nitrogen and oxygen atoms in total. The normalized spacial score (nSPS) is 15.7. The summed E-state index contributed by atoms with van der Waals surface area (Å²) in [7, 11) is 0. The van der Waals surface area contributed by atoms with Gasteiger partial charge in [-0.2, -0.15) is 12.6 Å². The second-order valence-electron chi connectivity index (χ2n) is 30.4. The number of fused-ring (bicyclic) bond motifs is 1. The first-order valence-corrected chi connectivity index (χ1v) is 40.3.